The van der Waals surface area contributed by atoms with E-state index in [0.29, 0.717) is 31.1 Å². The van der Waals surface area contributed by atoms with Crippen LogP contribution in [0.15, 0.2) is 66.7 Å². The van der Waals surface area contributed by atoms with Gasteiger partial charge in [0.05, 0.1) is 12.5 Å². The van der Waals surface area contributed by atoms with E-state index >= 15 is 0 Å². The predicted molar refractivity (Wildman–Crippen MR) is 124 cm³/mol. The molecule has 0 aliphatic carbocycles. The molecule has 0 saturated carbocycles. The summed E-state index contributed by atoms with van der Waals surface area (Å²) in [5.41, 5.74) is 2.24. The van der Waals surface area contributed by atoms with Crippen LogP contribution in [-0.2, 0) is 22.6 Å². The molecule has 1 aliphatic heterocycles. The van der Waals surface area contributed by atoms with E-state index in [1.165, 1.54) is 16.3 Å². The number of hydrogen-bond donors (Lipinski definition) is 2. The van der Waals surface area contributed by atoms with Crippen molar-refractivity contribution in [3.63, 3.8) is 0 Å². The molecule has 2 N–H and O–H groups in total. The largest absolute Gasteiger partial charge is 0.356 e. The zero-order valence-electron chi connectivity index (χ0n) is 17.3. The lowest BCUT2D eigenvalue weighted by atomic mass is 10.0. The first-order valence-electron chi connectivity index (χ1n) is 10.6. The molecule has 0 radical (unpaired) electrons. The second-order valence-corrected chi connectivity index (χ2v) is 8.29. The maximum Gasteiger partial charge on any atom is 0.237 e. The number of hydrogen-bond acceptors (Lipinski definition) is 3. The third-order valence-electron chi connectivity index (χ3n) is 5.70. The summed E-state index contributed by atoms with van der Waals surface area (Å²) in [4.78, 5) is 27.3. The van der Waals surface area contributed by atoms with Gasteiger partial charge in [-0.3, -0.25) is 14.5 Å². The average Bonchev–Trinajstić information content (AvgIpc) is 2.76. The molecular formula is C25H26ClN3O2. The molecule has 1 heterocycles. The molecular weight excluding hydrogens is 410 g/mol. The maximum atomic E-state index is 12.6. The van der Waals surface area contributed by atoms with Crippen molar-refractivity contribution in [1.82, 2.24) is 15.5 Å². The molecule has 31 heavy (non-hydrogen) atoms. The van der Waals surface area contributed by atoms with Gasteiger partial charge >= 0.3 is 0 Å². The lowest BCUT2D eigenvalue weighted by Crippen LogP contribution is -2.56. The molecule has 0 spiro atoms. The number of halogens is 1. The van der Waals surface area contributed by atoms with E-state index in [2.05, 4.69) is 39.8 Å². The Hall–Kier alpha value is -2.89. The summed E-state index contributed by atoms with van der Waals surface area (Å²) >= 11 is 6.01. The number of nitrogens with zero attached hydrogens (tertiary/aromatic N) is 1. The highest BCUT2D eigenvalue weighted by molar-refractivity contribution is 6.30. The van der Waals surface area contributed by atoms with E-state index in [1.807, 2.05) is 42.5 Å². The molecule has 1 fully saturated rings. The third-order valence-corrected chi connectivity index (χ3v) is 5.93. The van der Waals surface area contributed by atoms with Crippen molar-refractivity contribution in [1.29, 1.82) is 0 Å². The number of carbonyl (C=O) groups is 2. The lowest BCUT2D eigenvalue weighted by molar-refractivity contribution is -0.134. The van der Waals surface area contributed by atoms with Gasteiger partial charge in [-0.25, -0.2) is 0 Å². The number of nitrogens with one attached hydrogen (secondary N) is 2. The molecule has 4 rings (SSSR count). The van der Waals surface area contributed by atoms with Gasteiger partial charge in [-0.15, -0.1) is 0 Å². The van der Waals surface area contributed by atoms with Crippen LogP contribution in [0.3, 0.4) is 0 Å². The topological polar surface area (TPSA) is 61.4 Å². The van der Waals surface area contributed by atoms with Gasteiger partial charge in [0.25, 0.3) is 0 Å². The van der Waals surface area contributed by atoms with Crippen molar-refractivity contribution in [2.24, 2.45) is 0 Å². The number of carbonyl (C=O) groups excluding carboxylic acids is 2. The Morgan fingerprint density at radius 3 is 2.77 bits per heavy atom. The van der Waals surface area contributed by atoms with Crippen molar-refractivity contribution >= 4 is 34.2 Å². The van der Waals surface area contributed by atoms with E-state index in [1.54, 1.807) is 0 Å². The first kappa shape index (κ1) is 21.3. The Balaban J connectivity index is 1.39. The first-order chi connectivity index (χ1) is 15.1. The molecule has 0 bridgehead atoms. The van der Waals surface area contributed by atoms with E-state index in [0.717, 1.165) is 12.1 Å². The third kappa shape index (κ3) is 5.43. The fraction of sp³-hybridized carbons (Fsp3) is 0.280. The average molecular weight is 436 g/mol. The summed E-state index contributed by atoms with van der Waals surface area (Å²) < 4.78 is 0. The molecule has 160 valence electrons. The first-order valence-corrected chi connectivity index (χ1v) is 11.0. The number of amides is 2. The van der Waals surface area contributed by atoms with Crippen LogP contribution in [0.2, 0.25) is 5.02 Å². The molecule has 1 aliphatic rings. The summed E-state index contributed by atoms with van der Waals surface area (Å²) in [6, 6.07) is 21.6. The van der Waals surface area contributed by atoms with Crippen LogP contribution >= 0.6 is 11.6 Å². The van der Waals surface area contributed by atoms with Crippen molar-refractivity contribution in [3.05, 3.63) is 82.9 Å². The van der Waals surface area contributed by atoms with Crippen LogP contribution in [0, 0.1) is 0 Å². The zero-order valence-corrected chi connectivity index (χ0v) is 18.1. The molecule has 3 aromatic rings. The number of rotatable bonds is 7. The van der Waals surface area contributed by atoms with Crippen LogP contribution in [-0.4, -0.2) is 42.4 Å². The summed E-state index contributed by atoms with van der Waals surface area (Å²) in [6.07, 6.45) is 0.842. The summed E-state index contributed by atoms with van der Waals surface area (Å²) in [7, 11) is 0. The van der Waals surface area contributed by atoms with Gasteiger partial charge in [-0.2, -0.15) is 0 Å². The van der Waals surface area contributed by atoms with E-state index in [9.17, 15) is 9.59 Å². The molecule has 3 aromatic carbocycles. The Kier molecular flexibility index (Phi) is 6.85. The van der Waals surface area contributed by atoms with Crippen LogP contribution in [0.5, 0.6) is 0 Å². The quantitative estimate of drug-likeness (QED) is 0.596. The van der Waals surface area contributed by atoms with Gasteiger partial charge in [-0.05, 0) is 40.5 Å². The molecule has 5 nitrogen and oxygen atoms in total. The molecule has 1 atom stereocenters. The molecule has 1 saturated heterocycles. The predicted octanol–water partition coefficient (Wildman–Crippen LogP) is 3.54. The van der Waals surface area contributed by atoms with Gasteiger partial charge in [0.15, 0.2) is 0 Å². The van der Waals surface area contributed by atoms with Crippen molar-refractivity contribution < 1.29 is 9.59 Å². The highest BCUT2D eigenvalue weighted by Gasteiger charge is 2.31. The number of piperazine rings is 1. The highest BCUT2D eigenvalue weighted by Crippen LogP contribution is 2.22. The Morgan fingerprint density at radius 2 is 1.90 bits per heavy atom. The van der Waals surface area contributed by atoms with Crippen LogP contribution in [0.1, 0.15) is 17.5 Å². The second kappa shape index (κ2) is 9.94. The Morgan fingerprint density at radius 1 is 1.10 bits per heavy atom. The van der Waals surface area contributed by atoms with Gasteiger partial charge in [0.2, 0.25) is 11.8 Å². The normalized spacial score (nSPS) is 16.8. The number of fused-ring (bicyclic) bond motifs is 1. The van der Waals surface area contributed by atoms with Gasteiger partial charge < -0.3 is 10.6 Å². The van der Waals surface area contributed by atoms with E-state index < -0.39 is 6.04 Å². The maximum absolute atomic E-state index is 12.6. The Labute approximate surface area is 187 Å². The van der Waals surface area contributed by atoms with E-state index in [-0.39, 0.29) is 18.2 Å². The fourth-order valence-corrected chi connectivity index (χ4v) is 4.32. The van der Waals surface area contributed by atoms with Crippen LogP contribution in [0.4, 0.5) is 0 Å². The van der Waals surface area contributed by atoms with Crippen LogP contribution in [0.25, 0.3) is 10.8 Å². The summed E-state index contributed by atoms with van der Waals surface area (Å²) in [5, 5.41) is 8.89. The minimum atomic E-state index is -0.473. The molecule has 1 unspecified atom stereocenters. The van der Waals surface area contributed by atoms with Crippen molar-refractivity contribution in [3.8, 4) is 0 Å². The molecule has 2 amide bonds. The lowest BCUT2D eigenvalue weighted by Gasteiger charge is -2.35. The van der Waals surface area contributed by atoms with Crippen molar-refractivity contribution in [2.45, 2.75) is 25.4 Å². The fourth-order valence-electron chi connectivity index (χ4n) is 4.11. The van der Waals surface area contributed by atoms with Crippen molar-refractivity contribution in [2.75, 3.05) is 19.6 Å². The number of benzene rings is 3. The zero-order chi connectivity index (χ0) is 21.6. The smallest absolute Gasteiger partial charge is 0.237 e. The van der Waals surface area contributed by atoms with Gasteiger partial charge in [-0.1, -0.05) is 66.2 Å². The van der Waals surface area contributed by atoms with E-state index in [4.69, 9.17) is 11.6 Å². The molecule has 0 aromatic heterocycles. The summed E-state index contributed by atoms with van der Waals surface area (Å²) in [6.45, 7) is 2.46. The minimum Gasteiger partial charge on any atom is -0.356 e. The second-order valence-electron chi connectivity index (χ2n) is 7.85. The van der Waals surface area contributed by atoms with Gasteiger partial charge in [0, 0.05) is 31.2 Å². The summed E-state index contributed by atoms with van der Waals surface area (Å²) in [5.74, 6) is -0.205. The minimum absolute atomic E-state index is 0.0866. The standard InChI is InChI=1S/C25H26ClN3O2/c26-21-9-3-5-18(15-21)11-12-27-24(30)16-23-25(31)28-13-14-29(23)17-20-8-4-7-19-6-1-2-10-22(19)20/h1-10,15,23H,11-14,16-17H2,(H,27,30)(H,28,31). The highest BCUT2D eigenvalue weighted by atomic mass is 35.5. The Bertz CT molecular complexity index is 1080. The van der Waals surface area contributed by atoms with Gasteiger partial charge in [0.1, 0.15) is 0 Å². The SMILES string of the molecule is O=C(CC1C(=O)NCCN1Cc1cccc2ccccc12)NCCc1cccc(Cl)c1. The monoisotopic (exact) mass is 435 g/mol. The van der Waals surface area contributed by atoms with Crippen LogP contribution < -0.4 is 10.6 Å². The molecule has 6 heteroatoms.